The Hall–Kier alpha value is -0.560. The lowest BCUT2D eigenvalue weighted by molar-refractivity contribution is -0.189. The Morgan fingerprint density at radius 3 is 2.30 bits per heavy atom. The van der Waals surface area contributed by atoms with Gasteiger partial charge in [0.15, 0.2) is 0 Å². The van der Waals surface area contributed by atoms with Gasteiger partial charge in [-0.3, -0.25) is 0 Å². The summed E-state index contributed by atoms with van der Waals surface area (Å²) in [5, 5.41) is 11.5. The number of rotatable bonds is 4. The first-order chi connectivity index (χ1) is 15.1. The zero-order chi connectivity index (χ0) is 24.6. The molecule has 1 N–H and O–H groups in total. The van der Waals surface area contributed by atoms with Gasteiger partial charge in [-0.2, -0.15) is 0 Å². The fourth-order valence-corrected chi connectivity index (χ4v) is 10.2. The van der Waals surface area contributed by atoms with Crippen molar-refractivity contribution >= 4 is 0 Å². The molecule has 0 aromatic heterocycles. The Balaban J connectivity index is 1.68. The molecule has 0 radical (unpaired) electrons. The van der Waals surface area contributed by atoms with E-state index in [0.29, 0.717) is 22.7 Å². The Morgan fingerprint density at radius 2 is 1.67 bits per heavy atom. The predicted molar refractivity (Wildman–Crippen MR) is 142 cm³/mol. The van der Waals surface area contributed by atoms with Crippen molar-refractivity contribution in [1.82, 2.24) is 0 Å². The van der Waals surface area contributed by atoms with Gasteiger partial charge in [0.25, 0.3) is 0 Å². The molecule has 2 fully saturated rings. The van der Waals surface area contributed by atoms with Gasteiger partial charge in [-0.05, 0) is 124 Å². The van der Waals surface area contributed by atoms with Gasteiger partial charge in [-0.15, -0.1) is 0 Å². The summed E-state index contributed by atoms with van der Waals surface area (Å²) in [7, 11) is 0. The number of fused-ring (bicyclic) bond motifs is 4. The number of allylic oxidation sites excluding steroid dienone is 4. The molecule has 0 amide bonds. The van der Waals surface area contributed by atoms with Gasteiger partial charge in [0.1, 0.15) is 0 Å². The fourth-order valence-electron chi connectivity index (χ4n) is 10.2. The first kappa shape index (κ1) is 25.5. The number of aliphatic hydroxyl groups is 1. The van der Waals surface area contributed by atoms with Crippen LogP contribution in [0.1, 0.15) is 127 Å². The Bertz CT molecular complexity index is 839. The highest BCUT2D eigenvalue weighted by Crippen LogP contribution is 2.73. The Morgan fingerprint density at radius 1 is 1.00 bits per heavy atom. The number of hydrogen-bond acceptors (Lipinski definition) is 1. The Kier molecular flexibility index (Phi) is 6.17. The highest BCUT2D eigenvalue weighted by atomic mass is 16.3. The van der Waals surface area contributed by atoms with E-state index in [0.717, 1.165) is 18.3 Å². The molecule has 0 aliphatic heterocycles. The maximum Gasteiger partial charge on any atom is 0.0699 e. The fraction of sp³-hybridized carbons (Fsp3) is 0.875. The number of hydrogen-bond donors (Lipinski definition) is 1. The van der Waals surface area contributed by atoms with Crippen LogP contribution in [0.25, 0.3) is 0 Å². The highest BCUT2D eigenvalue weighted by molar-refractivity contribution is 5.39. The van der Waals surface area contributed by atoms with Crippen LogP contribution in [-0.4, -0.2) is 10.7 Å². The molecule has 8 atom stereocenters. The molecule has 0 spiro atoms. The van der Waals surface area contributed by atoms with Gasteiger partial charge in [0.05, 0.1) is 5.60 Å². The molecule has 188 valence electrons. The lowest BCUT2D eigenvalue weighted by Gasteiger charge is -2.65. The van der Waals surface area contributed by atoms with Gasteiger partial charge in [0, 0.05) is 0 Å². The second-order valence-electron chi connectivity index (χ2n) is 14.7. The molecule has 0 heterocycles. The second-order valence-corrected chi connectivity index (χ2v) is 14.7. The SMILES string of the molecule is CC(C)=CCC[C@@H](C)[C@H]1CC[C@@]2(C)C3=C(CC[C@]12C)[C@@]1(C)CC(C)C(C)(O)C(C)(C)C1CC3. The lowest BCUT2D eigenvalue weighted by atomic mass is 9.40. The highest BCUT2D eigenvalue weighted by Gasteiger charge is 2.65. The van der Waals surface area contributed by atoms with Crippen LogP contribution < -0.4 is 0 Å². The lowest BCUT2D eigenvalue weighted by Crippen LogP contribution is -2.62. The summed E-state index contributed by atoms with van der Waals surface area (Å²) in [4.78, 5) is 0. The smallest absolute Gasteiger partial charge is 0.0699 e. The van der Waals surface area contributed by atoms with Gasteiger partial charge in [0.2, 0.25) is 0 Å². The van der Waals surface area contributed by atoms with Crippen LogP contribution in [0.3, 0.4) is 0 Å². The van der Waals surface area contributed by atoms with E-state index < -0.39 is 5.60 Å². The quantitative estimate of drug-likeness (QED) is 0.420. The predicted octanol–water partition coefficient (Wildman–Crippen LogP) is 9.12. The van der Waals surface area contributed by atoms with Crippen LogP contribution in [0.2, 0.25) is 0 Å². The van der Waals surface area contributed by atoms with Crippen molar-refractivity contribution in [2.45, 2.75) is 133 Å². The largest absolute Gasteiger partial charge is 0.389 e. The van der Waals surface area contributed by atoms with Crippen molar-refractivity contribution in [2.24, 2.45) is 45.3 Å². The maximum atomic E-state index is 11.5. The van der Waals surface area contributed by atoms with E-state index in [1.54, 1.807) is 0 Å². The van der Waals surface area contributed by atoms with E-state index in [2.05, 4.69) is 75.3 Å². The monoisotopic (exact) mass is 454 g/mol. The van der Waals surface area contributed by atoms with Crippen LogP contribution in [0, 0.1) is 45.3 Å². The van der Waals surface area contributed by atoms with E-state index >= 15 is 0 Å². The zero-order valence-corrected chi connectivity index (χ0v) is 23.7. The first-order valence-electron chi connectivity index (χ1n) is 14.2. The summed E-state index contributed by atoms with van der Waals surface area (Å²) in [6, 6.07) is 0. The molecule has 0 saturated heterocycles. The minimum absolute atomic E-state index is 0.0444. The van der Waals surface area contributed by atoms with Gasteiger partial charge in [-0.25, -0.2) is 0 Å². The van der Waals surface area contributed by atoms with Crippen LogP contribution >= 0.6 is 0 Å². The van der Waals surface area contributed by atoms with E-state index in [1.807, 2.05) is 11.1 Å². The third kappa shape index (κ3) is 3.41. The molecule has 33 heavy (non-hydrogen) atoms. The first-order valence-corrected chi connectivity index (χ1v) is 14.2. The Labute approximate surface area is 205 Å². The minimum atomic E-state index is -0.582. The third-order valence-corrected chi connectivity index (χ3v) is 12.8. The molecule has 1 nitrogen and oxygen atoms in total. The van der Waals surface area contributed by atoms with Crippen LogP contribution in [-0.2, 0) is 0 Å². The van der Waals surface area contributed by atoms with Crippen molar-refractivity contribution in [3.05, 3.63) is 22.8 Å². The van der Waals surface area contributed by atoms with Crippen molar-refractivity contribution in [2.75, 3.05) is 0 Å². The molecule has 4 aliphatic rings. The summed E-state index contributed by atoms with van der Waals surface area (Å²) in [6.45, 7) is 24.1. The summed E-state index contributed by atoms with van der Waals surface area (Å²) >= 11 is 0. The standard InChI is InChI=1S/C32H54O/c1-21(2)12-11-13-22(3)24-16-18-31(9)26-14-15-27-28(5,6)32(10,33)23(4)20-29(27,7)25(26)17-19-30(24,31)8/h12,22-24,27,33H,11,13-20H2,1-10H3/t22-,23?,24-,27?,29-,30-,31+,32?/m1/s1. The average Bonchev–Trinajstić information content (AvgIpc) is 2.98. The van der Waals surface area contributed by atoms with Crippen molar-refractivity contribution in [3.63, 3.8) is 0 Å². The summed E-state index contributed by atoms with van der Waals surface area (Å²) < 4.78 is 0. The summed E-state index contributed by atoms with van der Waals surface area (Å²) in [5.41, 5.74) is 5.63. The second kappa shape index (κ2) is 7.97. The van der Waals surface area contributed by atoms with Crippen molar-refractivity contribution < 1.29 is 5.11 Å². The molecule has 0 aromatic rings. The minimum Gasteiger partial charge on any atom is -0.389 e. The summed E-state index contributed by atoms with van der Waals surface area (Å²) in [6.07, 6.45) is 14.2. The molecule has 1 heteroatoms. The van der Waals surface area contributed by atoms with Crippen molar-refractivity contribution in [3.8, 4) is 0 Å². The molecular formula is C32H54O. The maximum absolute atomic E-state index is 11.5. The van der Waals surface area contributed by atoms with Crippen LogP contribution in [0.15, 0.2) is 22.8 Å². The summed E-state index contributed by atoms with van der Waals surface area (Å²) in [5.74, 6) is 2.59. The molecule has 0 bridgehead atoms. The molecule has 2 saturated carbocycles. The zero-order valence-electron chi connectivity index (χ0n) is 23.7. The van der Waals surface area contributed by atoms with E-state index in [-0.39, 0.29) is 10.8 Å². The van der Waals surface area contributed by atoms with E-state index in [1.165, 1.54) is 56.9 Å². The van der Waals surface area contributed by atoms with Gasteiger partial charge < -0.3 is 5.11 Å². The van der Waals surface area contributed by atoms with Crippen LogP contribution in [0.4, 0.5) is 0 Å². The molecular weight excluding hydrogens is 400 g/mol. The van der Waals surface area contributed by atoms with Gasteiger partial charge in [-0.1, -0.05) is 71.3 Å². The molecule has 4 aliphatic carbocycles. The topological polar surface area (TPSA) is 20.2 Å². The molecule has 0 aromatic carbocycles. The molecule has 3 unspecified atom stereocenters. The van der Waals surface area contributed by atoms with E-state index in [4.69, 9.17) is 0 Å². The molecule has 4 rings (SSSR count). The average molecular weight is 455 g/mol. The van der Waals surface area contributed by atoms with Crippen LogP contribution in [0.5, 0.6) is 0 Å². The third-order valence-electron chi connectivity index (χ3n) is 12.8. The van der Waals surface area contributed by atoms with E-state index in [9.17, 15) is 5.11 Å². The van der Waals surface area contributed by atoms with Gasteiger partial charge >= 0.3 is 0 Å². The normalized spacial score (nSPS) is 47.4. The van der Waals surface area contributed by atoms with Crippen molar-refractivity contribution in [1.29, 1.82) is 0 Å².